The van der Waals surface area contributed by atoms with Crippen molar-refractivity contribution in [2.24, 2.45) is 0 Å². The van der Waals surface area contributed by atoms with Gasteiger partial charge < -0.3 is 20.7 Å². The minimum Gasteiger partial charge on any atom is -0.496 e. The van der Waals surface area contributed by atoms with Crippen molar-refractivity contribution in [3.8, 4) is 5.75 Å². The Morgan fingerprint density at radius 2 is 1.82 bits per heavy atom. The Hall–Kier alpha value is -2.28. The number of amides is 3. The van der Waals surface area contributed by atoms with Gasteiger partial charge in [-0.15, -0.1) is 0 Å². The highest BCUT2D eigenvalue weighted by Crippen LogP contribution is 2.30. The molecule has 1 aliphatic heterocycles. The van der Waals surface area contributed by atoms with Crippen LogP contribution in [0.3, 0.4) is 0 Å². The van der Waals surface area contributed by atoms with Gasteiger partial charge in [-0.3, -0.25) is 9.69 Å². The van der Waals surface area contributed by atoms with Crippen molar-refractivity contribution in [2.75, 3.05) is 39.8 Å². The minimum atomic E-state index is -0.250. The molecule has 3 amide bonds. The Morgan fingerprint density at radius 3 is 2.54 bits per heavy atom. The number of carbonyl (C=O) groups is 2. The Balaban J connectivity index is 1.90. The SMILES string of the molecule is CCCNC(=O)CCNC(=O)NCC(c1ccccc1OC)N1CCCCC1. The zero-order chi connectivity index (χ0) is 20.2. The third-order valence-electron chi connectivity index (χ3n) is 5.00. The number of ether oxygens (including phenoxy) is 1. The second kappa shape index (κ2) is 12.2. The van der Waals surface area contributed by atoms with Crippen molar-refractivity contribution < 1.29 is 14.3 Å². The molecule has 1 saturated heterocycles. The first-order valence-corrected chi connectivity index (χ1v) is 10.3. The highest BCUT2D eigenvalue weighted by atomic mass is 16.5. The minimum absolute atomic E-state index is 0.0395. The van der Waals surface area contributed by atoms with E-state index in [0.717, 1.165) is 30.8 Å². The zero-order valence-corrected chi connectivity index (χ0v) is 17.1. The number of urea groups is 1. The number of benzene rings is 1. The number of rotatable bonds is 10. The number of hydrogen-bond donors (Lipinski definition) is 3. The van der Waals surface area contributed by atoms with Gasteiger partial charge in [-0.2, -0.15) is 0 Å². The van der Waals surface area contributed by atoms with Crippen LogP contribution in [0.15, 0.2) is 24.3 Å². The lowest BCUT2D eigenvalue weighted by molar-refractivity contribution is -0.120. The van der Waals surface area contributed by atoms with Crippen LogP contribution in [-0.4, -0.2) is 56.7 Å². The van der Waals surface area contributed by atoms with Gasteiger partial charge in [-0.05, 0) is 38.4 Å². The summed E-state index contributed by atoms with van der Waals surface area (Å²) >= 11 is 0. The van der Waals surface area contributed by atoms with E-state index < -0.39 is 0 Å². The van der Waals surface area contributed by atoms with E-state index >= 15 is 0 Å². The van der Waals surface area contributed by atoms with E-state index in [2.05, 4.69) is 26.9 Å². The summed E-state index contributed by atoms with van der Waals surface area (Å²) in [4.78, 5) is 26.2. The molecule has 7 nitrogen and oxygen atoms in total. The van der Waals surface area contributed by atoms with Gasteiger partial charge >= 0.3 is 6.03 Å². The molecule has 3 N–H and O–H groups in total. The number of hydrogen-bond acceptors (Lipinski definition) is 4. The summed E-state index contributed by atoms with van der Waals surface area (Å²) in [6, 6.07) is 7.80. The molecule has 1 aromatic rings. The van der Waals surface area contributed by atoms with Gasteiger partial charge in [0.15, 0.2) is 0 Å². The fraction of sp³-hybridized carbons (Fsp3) is 0.619. The summed E-state index contributed by atoms with van der Waals surface area (Å²) in [6.07, 6.45) is 4.79. The second-order valence-corrected chi connectivity index (χ2v) is 7.09. The fourth-order valence-electron chi connectivity index (χ4n) is 3.50. The fourth-order valence-corrected chi connectivity index (χ4v) is 3.50. The molecule has 1 atom stereocenters. The van der Waals surface area contributed by atoms with Crippen LogP contribution in [0.2, 0.25) is 0 Å². The summed E-state index contributed by atoms with van der Waals surface area (Å²) in [7, 11) is 1.68. The maximum atomic E-state index is 12.2. The van der Waals surface area contributed by atoms with Gasteiger partial charge in [0.2, 0.25) is 5.91 Å². The van der Waals surface area contributed by atoms with Crippen molar-refractivity contribution in [1.29, 1.82) is 0 Å². The summed E-state index contributed by atoms with van der Waals surface area (Å²) in [6.45, 7) is 5.53. The average molecular weight is 391 g/mol. The first-order chi connectivity index (χ1) is 13.7. The standard InChI is InChI=1S/C21H34N4O3/c1-3-12-22-20(26)11-13-23-21(27)24-16-18(25-14-7-4-8-15-25)17-9-5-6-10-19(17)28-2/h5-6,9-10,18H,3-4,7-8,11-16H2,1-2H3,(H,22,26)(H2,23,24,27). The lowest BCUT2D eigenvalue weighted by Gasteiger charge is -2.35. The maximum Gasteiger partial charge on any atom is 0.314 e. The number of methoxy groups -OCH3 is 1. The van der Waals surface area contributed by atoms with Crippen molar-refractivity contribution in [1.82, 2.24) is 20.9 Å². The third kappa shape index (κ3) is 7.03. The van der Waals surface area contributed by atoms with Crippen LogP contribution in [-0.2, 0) is 4.79 Å². The Bertz CT molecular complexity index is 617. The first kappa shape index (κ1) is 22.0. The van der Waals surface area contributed by atoms with E-state index in [0.29, 0.717) is 19.6 Å². The molecule has 1 aromatic carbocycles. The predicted molar refractivity (Wildman–Crippen MR) is 110 cm³/mol. The van der Waals surface area contributed by atoms with Gasteiger partial charge in [-0.25, -0.2) is 4.79 Å². The van der Waals surface area contributed by atoms with Crippen LogP contribution in [0.25, 0.3) is 0 Å². The highest BCUT2D eigenvalue weighted by molar-refractivity contribution is 5.78. The summed E-state index contributed by atoms with van der Waals surface area (Å²) in [5.74, 6) is 0.801. The summed E-state index contributed by atoms with van der Waals surface area (Å²) in [5.41, 5.74) is 1.09. The molecule has 1 unspecified atom stereocenters. The normalized spacial score (nSPS) is 15.5. The number of nitrogens with one attached hydrogen (secondary N) is 3. The molecule has 0 bridgehead atoms. The number of nitrogens with zero attached hydrogens (tertiary/aromatic N) is 1. The van der Waals surface area contributed by atoms with E-state index in [4.69, 9.17) is 4.74 Å². The third-order valence-corrected chi connectivity index (χ3v) is 5.00. The van der Waals surface area contributed by atoms with E-state index in [1.54, 1.807) is 7.11 Å². The van der Waals surface area contributed by atoms with Crippen LogP contribution in [0.4, 0.5) is 4.79 Å². The summed E-state index contributed by atoms with van der Waals surface area (Å²) in [5, 5.41) is 8.54. The van der Waals surface area contributed by atoms with Gasteiger partial charge in [0.1, 0.15) is 5.75 Å². The lowest BCUT2D eigenvalue weighted by atomic mass is 10.0. The molecule has 0 spiro atoms. The van der Waals surface area contributed by atoms with Crippen LogP contribution in [0.5, 0.6) is 5.75 Å². The molecule has 0 saturated carbocycles. The van der Waals surface area contributed by atoms with E-state index in [9.17, 15) is 9.59 Å². The van der Waals surface area contributed by atoms with E-state index in [1.165, 1.54) is 19.3 Å². The zero-order valence-electron chi connectivity index (χ0n) is 17.1. The largest absolute Gasteiger partial charge is 0.496 e. The lowest BCUT2D eigenvalue weighted by Crippen LogP contribution is -2.44. The van der Waals surface area contributed by atoms with Crippen molar-refractivity contribution in [3.63, 3.8) is 0 Å². The Labute approximate surface area is 168 Å². The maximum absolute atomic E-state index is 12.2. The van der Waals surface area contributed by atoms with Crippen LogP contribution in [0.1, 0.15) is 50.6 Å². The molecule has 1 heterocycles. The van der Waals surface area contributed by atoms with Crippen LogP contribution >= 0.6 is 0 Å². The number of likely N-dealkylation sites (tertiary alicyclic amines) is 1. The average Bonchev–Trinajstić information content (AvgIpc) is 2.73. The van der Waals surface area contributed by atoms with Crippen molar-refractivity contribution in [3.05, 3.63) is 29.8 Å². The van der Waals surface area contributed by atoms with E-state index in [-0.39, 0.29) is 24.4 Å². The molecular weight excluding hydrogens is 356 g/mol. The van der Waals surface area contributed by atoms with Crippen molar-refractivity contribution >= 4 is 11.9 Å². The smallest absolute Gasteiger partial charge is 0.314 e. The molecule has 2 rings (SSSR count). The Kier molecular flexibility index (Phi) is 9.62. The highest BCUT2D eigenvalue weighted by Gasteiger charge is 2.25. The molecule has 1 fully saturated rings. The molecule has 156 valence electrons. The molecule has 1 aliphatic rings. The topological polar surface area (TPSA) is 82.7 Å². The Morgan fingerprint density at radius 1 is 1.07 bits per heavy atom. The number of carbonyl (C=O) groups excluding carboxylic acids is 2. The molecule has 0 radical (unpaired) electrons. The molecule has 7 heteroatoms. The van der Waals surface area contributed by atoms with Gasteiger partial charge in [0.25, 0.3) is 0 Å². The first-order valence-electron chi connectivity index (χ1n) is 10.3. The van der Waals surface area contributed by atoms with Crippen LogP contribution in [0, 0.1) is 0 Å². The molecule has 28 heavy (non-hydrogen) atoms. The number of piperidine rings is 1. The van der Waals surface area contributed by atoms with Crippen molar-refractivity contribution in [2.45, 2.75) is 45.1 Å². The van der Waals surface area contributed by atoms with Crippen LogP contribution < -0.4 is 20.7 Å². The number of para-hydroxylation sites is 1. The van der Waals surface area contributed by atoms with Gasteiger partial charge in [-0.1, -0.05) is 31.5 Å². The second-order valence-electron chi connectivity index (χ2n) is 7.09. The van der Waals surface area contributed by atoms with E-state index in [1.807, 2.05) is 25.1 Å². The monoisotopic (exact) mass is 390 g/mol. The summed E-state index contributed by atoms with van der Waals surface area (Å²) < 4.78 is 5.55. The predicted octanol–water partition coefficient (Wildman–Crippen LogP) is 2.44. The molecule has 0 aliphatic carbocycles. The molecule has 0 aromatic heterocycles. The quantitative estimate of drug-likeness (QED) is 0.573. The van der Waals surface area contributed by atoms with Gasteiger partial charge in [0, 0.05) is 31.6 Å². The van der Waals surface area contributed by atoms with Gasteiger partial charge in [0.05, 0.1) is 13.2 Å². The molecular formula is C21H34N4O3.